The first-order chi connectivity index (χ1) is 7.54. The first-order valence-corrected chi connectivity index (χ1v) is 6.85. The Hall–Kier alpha value is 0.739. The third-order valence-corrected chi connectivity index (χ3v) is 1.91. The number of ether oxygens (including phenoxy) is 2. The van der Waals surface area contributed by atoms with Crippen LogP contribution < -0.4 is 0 Å². The van der Waals surface area contributed by atoms with Crippen molar-refractivity contribution in [3.63, 3.8) is 0 Å². The first-order valence-electron chi connectivity index (χ1n) is 5.22. The molecule has 0 heterocycles. The predicted molar refractivity (Wildman–Crippen MR) is 81.6 cm³/mol. The molecule has 2 nitrogen and oxygen atoms in total. The van der Waals surface area contributed by atoms with Crippen LogP contribution in [0.4, 0.5) is 0 Å². The maximum Gasteiger partial charge on any atom is 2.00 e. The second-order valence-electron chi connectivity index (χ2n) is 2.90. The molecular formula is C10H18FeO2S4. The Kier molecular flexibility index (Phi) is 25.7. The van der Waals surface area contributed by atoms with Crippen LogP contribution in [0.15, 0.2) is 0 Å². The zero-order chi connectivity index (χ0) is 12.8. The van der Waals surface area contributed by atoms with Crippen LogP contribution >= 0.6 is 24.4 Å². The van der Waals surface area contributed by atoms with Gasteiger partial charge in [0.15, 0.2) is 0 Å². The van der Waals surface area contributed by atoms with Gasteiger partial charge in [-0.25, -0.2) is 0 Å². The van der Waals surface area contributed by atoms with Gasteiger partial charge in [-0.2, -0.15) is 0 Å². The minimum absolute atomic E-state index is 0. The molecule has 0 atom stereocenters. The fraction of sp³-hybridized carbons (Fsp3) is 0.800. The van der Waals surface area contributed by atoms with Crippen LogP contribution in [-0.4, -0.2) is 22.0 Å². The molecule has 0 aliphatic carbocycles. The number of hydrogen-bond acceptors (Lipinski definition) is 6. The number of unbranched alkanes of at least 4 members (excludes halogenated alkanes) is 2. The molecule has 0 aliphatic heterocycles. The van der Waals surface area contributed by atoms with Crippen LogP contribution in [-0.2, 0) is 51.8 Å². The predicted octanol–water partition coefficient (Wildman–Crippen LogP) is 3.27. The molecule has 0 rings (SSSR count). The Balaban J connectivity index is -0.000000218. The quantitative estimate of drug-likeness (QED) is 0.313. The summed E-state index contributed by atoms with van der Waals surface area (Å²) in [5.74, 6) is 0. The Bertz CT molecular complexity index is 171. The van der Waals surface area contributed by atoms with Crippen LogP contribution in [0.1, 0.15) is 39.5 Å². The third kappa shape index (κ3) is 31.5. The van der Waals surface area contributed by atoms with Gasteiger partial charge >= 0.3 is 17.1 Å². The van der Waals surface area contributed by atoms with E-state index in [0.29, 0.717) is 13.2 Å². The van der Waals surface area contributed by atoms with Crippen LogP contribution in [0, 0.1) is 0 Å². The van der Waals surface area contributed by atoms with Crippen LogP contribution in [0.25, 0.3) is 0 Å². The normalized spacial score (nSPS) is 8.12. The topological polar surface area (TPSA) is 18.5 Å². The van der Waals surface area contributed by atoms with E-state index in [9.17, 15) is 0 Å². The summed E-state index contributed by atoms with van der Waals surface area (Å²) in [6, 6.07) is 0. The van der Waals surface area contributed by atoms with Gasteiger partial charge in [-0.15, -0.1) is 0 Å². The molecule has 0 saturated carbocycles. The van der Waals surface area contributed by atoms with E-state index in [0.717, 1.165) is 25.7 Å². The van der Waals surface area contributed by atoms with Gasteiger partial charge in [0.2, 0.25) is 0 Å². The van der Waals surface area contributed by atoms with Crippen LogP contribution in [0.5, 0.6) is 0 Å². The van der Waals surface area contributed by atoms with E-state index in [1.54, 1.807) is 0 Å². The Morgan fingerprint density at radius 3 is 1.35 bits per heavy atom. The second-order valence-corrected chi connectivity index (χ2v) is 4.90. The van der Waals surface area contributed by atoms with Gasteiger partial charge in [-0.3, -0.25) is 0 Å². The number of thiocarbonyl (C=S) groups is 2. The molecule has 0 aliphatic rings. The Labute approximate surface area is 137 Å². The fourth-order valence-corrected chi connectivity index (χ4v) is 0.933. The molecule has 0 aromatic heterocycles. The fourth-order valence-electron chi connectivity index (χ4n) is 0.600. The van der Waals surface area contributed by atoms with Crippen molar-refractivity contribution in [1.29, 1.82) is 0 Å². The average Bonchev–Trinajstić information content (AvgIpc) is 2.18. The van der Waals surface area contributed by atoms with Gasteiger partial charge in [0.1, 0.15) is 0 Å². The number of hydrogen-bond donors (Lipinski definition) is 0. The summed E-state index contributed by atoms with van der Waals surface area (Å²) >= 11 is 18.0. The zero-order valence-corrected chi connectivity index (χ0v) is 14.4. The number of rotatable bonds is 6. The summed E-state index contributed by atoms with van der Waals surface area (Å²) in [6.45, 7) is 5.54. The Morgan fingerprint density at radius 2 is 1.18 bits per heavy atom. The van der Waals surface area contributed by atoms with Gasteiger partial charge in [0.05, 0.1) is 13.2 Å². The molecule has 102 valence electrons. The minimum atomic E-state index is 0. The molecule has 0 radical (unpaired) electrons. The van der Waals surface area contributed by atoms with E-state index in [4.69, 9.17) is 9.47 Å². The smallest absolute Gasteiger partial charge is 0.514 e. The van der Waals surface area contributed by atoms with Crippen molar-refractivity contribution in [2.75, 3.05) is 13.2 Å². The summed E-state index contributed by atoms with van der Waals surface area (Å²) in [6.07, 6.45) is 4.32. The summed E-state index contributed by atoms with van der Waals surface area (Å²) < 4.78 is 10.1. The van der Waals surface area contributed by atoms with Crippen molar-refractivity contribution in [2.24, 2.45) is 0 Å². The summed E-state index contributed by atoms with van der Waals surface area (Å²) in [5.41, 5.74) is 0. The van der Waals surface area contributed by atoms with E-state index in [2.05, 4.69) is 63.5 Å². The molecule has 0 bridgehead atoms. The maximum atomic E-state index is 4.83. The van der Waals surface area contributed by atoms with Crippen molar-refractivity contribution in [3.05, 3.63) is 0 Å². The van der Waals surface area contributed by atoms with E-state index < -0.39 is 0 Å². The molecule has 0 saturated heterocycles. The van der Waals surface area contributed by atoms with Crippen LogP contribution in [0.3, 0.4) is 0 Å². The maximum absolute atomic E-state index is 4.83. The average molecular weight is 354 g/mol. The van der Waals surface area contributed by atoms with Crippen molar-refractivity contribution >= 4 is 58.5 Å². The van der Waals surface area contributed by atoms with Crippen molar-refractivity contribution in [1.82, 2.24) is 0 Å². The van der Waals surface area contributed by atoms with E-state index >= 15 is 0 Å². The van der Waals surface area contributed by atoms with E-state index in [1.165, 1.54) is 0 Å². The van der Waals surface area contributed by atoms with Gasteiger partial charge in [0, 0.05) is 8.77 Å². The van der Waals surface area contributed by atoms with Crippen molar-refractivity contribution in [3.8, 4) is 0 Å². The molecule has 0 unspecified atom stereocenters. The van der Waals surface area contributed by atoms with Crippen LogP contribution in [0.2, 0.25) is 0 Å². The molecule has 0 amide bonds. The molecule has 0 N–H and O–H groups in total. The van der Waals surface area contributed by atoms with E-state index in [-0.39, 0.29) is 25.8 Å². The molecular weight excluding hydrogens is 336 g/mol. The summed E-state index contributed by atoms with van der Waals surface area (Å²) in [7, 11) is 0. The van der Waals surface area contributed by atoms with Crippen molar-refractivity contribution in [2.45, 2.75) is 39.5 Å². The molecule has 0 spiro atoms. The van der Waals surface area contributed by atoms with Gasteiger partial charge < -0.3 is 59.2 Å². The van der Waals surface area contributed by atoms with Gasteiger partial charge in [-0.1, -0.05) is 26.7 Å². The second kappa shape index (κ2) is 19.1. The summed E-state index contributed by atoms with van der Waals surface area (Å²) in [5, 5.41) is 0. The minimum Gasteiger partial charge on any atom is -0.514 e. The van der Waals surface area contributed by atoms with Gasteiger partial charge in [0.25, 0.3) is 0 Å². The molecule has 0 aromatic carbocycles. The first kappa shape index (κ1) is 22.9. The largest absolute Gasteiger partial charge is 2.00 e. The zero-order valence-electron chi connectivity index (χ0n) is 10.0. The van der Waals surface area contributed by atoms with Crippen molar-refractivity contribution < 1.29 is 26.5 Å². The SMILES string of the molecule is CCCCOC(=S)[S-].CCCCOC(=S)[S-].[Fe+2]. The van der Waals surface area contributed by atoms with E-state index in [1.807, 2.05) is 0 Å². The molecule has 17 heavy (non-hydrogen) atoms. The Morgan fingerprint density at radius 1 is 0.882 bits per heavy atom. The van der Waals surface area contributed by atoms with Gasteiger partial charge in [-0.05, 0) is 12.8 Å². The molecule has 7 heteroatoms. The standard InChI is InChI=1S/2C5H10OS2.Fe/c2*1-2-3-4-6-5(7)8;/h2*2-4H2,1H3,(H,7,8);/q;;+2/p-2. The molecule has 0 aromatic rings. The summed E-state index contributed by atoms with van der Waals surface area (Å²) in [4.78, 5) is 0. The third-order valence-electron chi connectivity index (χ3n) is 1.44. The molecule has 0 fully saturated rings. The monoisotopic (exact) mass is 354 g/mol.